The second-order valence-corrected chi connectivity index (χ2v) is 5.68. The van der Waals surface area contributed by atoms with Gasteiger partial charge in [-0.1, -0.05) is 25.6 Å². The van der Waals surface area contributed by atoms with E-state index in [9.17, 15) is 9.18 Å². The third-order valence-electron chi connectivity index (χ3n) is 3.18. The van der Waals surface area contributed by atoms with Crippen LogP contribution in [-0.4, -0.2) is 27.9 Å². The van der Waals surface area contributed by atoms with E-state index in [2.05, 4.69) is 15.5 Å². The number of amides is 1. The summed E-state index contributed by atoms with van der Waals surface area (Å²) in [6, 6.07) is 5.99. The molecule has 1 aromatic carbocycles. The van der Waals surface area contributed by atoms with Gasteiger partial charge in [-0.15, -0.1) is 10.2 Å². The molecule has 5 nitrogen and oxygen atoms in total. The highest BCUT2D eigenvalue weighted by molar-refractivity contribution is 7.99. The van der Waals surface area contributed by atoms with E-state index in [1.165, 1.54) is 23.9 Å². The smallest absolute Gasteiger partial charge is 0.277 e. The normalized spacial score (nSPS) is 10.9. The van der Waals surface area contributed by atoms with Crippen LogP contribution >= 0.6 is 11.8 Å². The van der Waals surface area contributed by atoms with Crippen molar-refractivity contribution in [2.45, 2.75) is 38.0 Å². The maximum atomic E-state index is 12.9. The number of thioether (sulfide) groups is 1. The molecule has 0 bridgehead atoms. The minimum atomic E-state index is -0.323. The minimum Gasteiger partial charge on any atom is -0.411 e. The molecule has 0 atom stereocenters. The number of carbonyl (C=O) groups is 1. The SMILES string of the molecule is CCC(CC)NC(=O)CSc1nnc(-c2ccc(F)cc2)o1. The fourth-order valence-electron chi connectivity index (χ4n) is 1.87. The van der Waals surface area contributed by atoms with Gasteiger partial charge in [-0.3, -0.25) is 4.79 Å². The molecule has 2 aromatic rings. The number of rotatable bonds is 7. The van der Waals surface area contributed by atoms with E-state index in [1.807, 2.05) is 13.8 Å². The summed E-state index contributed by atoms with van der Waals surface area (Å²) in [4.78, 5) is 11.8. The number of benzene rings is 1. The standard InChI is InChI=1S/C15H18FN3O2S/c1-3-12(4-2)17-13(20)9-22-15-19-18-14(21-15)10-5-7-11(16)8-6-10/h5-8,12H,3-4,9H2,1-2H3,(H,17,20). The molecule has 1 N–H and O–H groups in total. The molecular formula is C15H18FN3O2S. The first-order chi connectivity index (χ1) is 10.6. The minimum absolute atomic E-state index is 0.0553. The quantitative estimate of drug-likeness (QED) is 0.792. The first-order valence-electron chi connectivity index (χ1n) is 7.14. The molecule has 1 amide bonds. The Balaban J connectivity index is 1.89. The molecule has 0 spiro atoms. The lowest BCUT2D eigenvalue weighted by Crippen LogP contribution is -2.34. The summed E-state index contributed by atoms with van der Waals surface area (Å²) in [5.74, 6) is 0.153. The second-order valence-electron chi connectivity index (χ2n) is 4.75. The zero-order valence-electron chi connectivity index (χ0n) is 12.5. The maximum Gasteiger partial charge on any atom is 0.277 e. The van der Waals surface area contributed by atoms with Gasteiger partial charge in [0.15, 0.2) is 0 Å². The van der Waals surface area contributed by atoms with Gasteiger partial charge in [0, 0.05) is 11.6 Å². The lowest BCUT2D eigenvalue weighted by Gasteiger charge is -2.13. The molecule has 0 aliphatic rings. The van der Waals surface area contributed by atoms with Crippen LogP contribution in [0.15, 0.2) is 33.9 Å². The first kappa shape index (κ1) is 16.5. The van der Waals surface area contributed by atoms with Gasteiger partial charge in [0.25, 0.3) is 5.22 Å². The zero-order chi connectivity index (χ0) is 15.9. The Morgan fingerprint density at radius 1 is 1.27 bits per heavy atom. The summed E-state index contributed by atoms with van der Waals surface area (Å²) in [6.07, 6.45) is 1.81. The predicted octanol–water partition coefficient (Wildman–Crippen LogP) is 3.27. The zero-order valence-corrected chi connectivity index (χ0v) is 13.3. The average molecular weight is 323 g/mol. The predicted molar refractivity (Wildman–Crippen MR) is 82.9 cm³/mol. The van der Waals surface area contributed by atoms with Crippen LogP contribution in [0.3, 0.4) is 0 Å². The van der Waals surface area contributed by atoms with Crippen LogP contribution in [0.2, 0.25) is 0 Å². The molecule has 7 heteroatoms. The number of hydrogen-bond donors (Lipinski definition) is 1. The fraction of sp³-hybridized carbons (Fsp3) is 0.400. The van der Waals surface area contributed by atoms with Crippen molar-refractivity contribution in [1.82, 2.24) is 15.5 Å². The van der Waals surface area contributed by atoms with E-state index in [0.29, 0.717) is 16.7 Å². The Labute approximate surface area is 132 Å². The van der Waals surface area contributed by atoms with Gasteiger partial charge in [0.1, 0.15) is 5.82 Å². The largest absolute Gasteiger partial charge is 0.411 e. The maximum absolute atomic E-state index is 12.9. The Kier molecular flexibility index (Phi) is 5.94. The molecule has 118 valence electrons. The van der Waals surface area contributed by atoms with E-state index in [-0.39, 0.29) is 23.5 Å². The van der Waals surface area contributed by atoms with Gasteiger partial charge < -0.3 is 9.73 Å². The molecule has 22 heavy (non-hydrogen) atoms. The molecule has 0 aliphatic carbocycles. The second kappa shape index (κ2) is 7.93. The fourth-order valence-corrected chi connectivity index (χ4v) is 2.44. The van der Waals surface area contributed by atoms with E-state index >= 15 is 0 Å². The molecule has 0 radical (unpaired) electrons. The van der Waals surface area contributed by atoms with Gasteiger partial charge in [-0.05, 0) is 37.1 Å². The Bertz CT molecular complexity index is 612. The topological polar surface area (TPSA) is 68.0 Å². The third kappa shape index (κ3) is 4.56. The van der Waals surface area contributed by atoms with Gasteiger partial charge in [0.05, 0.1) is 5.75 Å². The lowest BCUT2D eigenvalue weighted by molar-refractivity contribution is -0.119. The molecule has 0 fully saturated rings. The van der Waals surface area contributed by atoms with Crippen molar-refractivity contribution >= 4 is 17.7 Å². The van der Waals surface area contributed by atoms with Gasteiger partial charge >= 0.3 is 0 Å². The van der Waals surface area contributed by atoms with Crippen LogP contribution in [0.1, 0.15) is 26.7 Å². The van der Waals surface area contributed by atoms with Crippen LogP contribution in [0.5, 0.6) is 0 Å². The Hall–Kier alpha value is -1.89. The third-order valence-corrected chi connectivity index (χ3v) is 3.99. The van der Waals surface area contributed by atoms with Crippen molar-refractivity contribution in [3.8, 4) is 11.5 Å². The average Bonchev–Trinajstić information content (AvgIpc) is 3.00. The van der Waals surface area contributed by atoms with E-state index in [0.717, 1.165) is 12.8 Å². The monoisotopic (exact) mass is 323 g/mol. The van der Waals surface area contributed by atoms with Crippen molar-refractivity contribution < 1.29 is 13.6 Å². The van der Waals surface area contributed by atoms with E-state index in [4.69, 9.17) is 4.42 Å². The van der Waals surface area contributed by atoms with Crippen molar-refractivity contribution in [2.24, 2.45) is 0 Å². The lowest BCUT2D eigenvalue weighted by atomic mass is 10.2. The molecule has 0 saturated carbocycles. The molecule has 1 heterocycles. The number of carbonyl (C=O) groups excluding carboxylic acids is 1. The van der Waals surface area contributed by atoms with Crippen molar-refractivity contribution in [3.05, 3.63) is 30.1 Å². The molecular weight excluding hydrogens is 305 g/mol. The number of nitrogens with zero attached hydrogens (tertiary/aromatic N) is 2. The highest BCUT2D eigenvalue weighted by Crippen LogP contribution is 2.23. The molecule has 0 aliphatic heterocycles. The van der Waals surface area contributed by atoms with Gasteiger partial charge in [0.2, 0.25) is 11.8 Å². The number of nitrogens with one attached hydrogen (secondary N) is 1. The number of aromatic nitrogens is 2. The van der Waals surface area contributed by atoms with Crippen molar-refractivity contribution in [2.75, 3.05) is 5.75 Å². The Morgan fingerprint density at radius 2 is 1.95 bits per heavy atom. The first-order valence-corrected chi connectivity index (χ1v) is 8.12. The van der Waals surface area contributed by atoms with Gasteiger partial charge in [-0.2, -0.15) is 0 Å². The summed E-state index contributed by atoms with van der Waals surface area (Å²) in [5.41, 5.74) is 0.641. The van der Waals surface area contributed by atoms with Crippen LogP contribution in [0, 0.1) is 5.82 Å². The summed E-state index contributed by atoms with van der Waals surface area (Å²) in [6.45, 7) is 4.07. The van der Waals surface area contributed by atoms with Crippen molar-refractivity contribution in [3.63, 3.8) is 0 Å². The molecule has 0 saturated heterocycles. The van der Waals surface area contributed by atoms with Crippen molar-refractivity contribution in [1.29, 1.82) is 0 Å². The van der Waals surface area contributed by atoms with Gasteiger partial charge in [-0.25, -0.2) is 4.39 Å². The summed E-state index contributed by atoms with van der Waals surface area (Å²) < 4.78 is 18.3. The highest BCUT2D eigenvalue weighted by Gasteiger charge is 2.13. The highest BCUT2D eigenvalue weighted by atomic mass is 32.2. The molecule has 2 rings (SSSR count). The summed E-state index contributed by atoms with van der Waals surface area (Å²) in [7, 11) is 0. The van der Waals surface area contributed by atoms with E-state index in [1.54, 1.807) is 12.1 Å². The Morgan fingerprint density at radius 3 is 2.59 bits per heavy atom. The summed E-state index contributed by atoms with van der Waals surface area (Å²) >= 11 is 1.18. The number of hydrogen-bond acceptors (Lipinski definition) is 5. The number of halogens is 1. The van der Waals surface area contributed by atoms with E-state index < -0.39 is 0 Å². The molecule has 0 unspecified atom stereocenters. The summed E-state index contributed by atoms with van der Waals surface area (Å²) in [5, 5.41) is 11.0. The molecule has 1 aromatic heterocycles. The van der Waals surface area contributed by atoms with Crippen LogP contribution in [0.25, 0.3) is 11.5 Å². The van der Waals surface area contributed by atoms with Crippen LogP contribution < -0.4 is 5.32 Å². The van der Waals surface area contributed by atoms with Crippen LogP contribution in [-0.2, 0) is 4.79 Å². The van der Waals surface area contributed by atoms with Crippen LogP contribution in [0.4, 0.5) is 4.39 Å².